The minimum Gasteiger partial charge on any atom is -0.324 e. The monoisotopic (exact) mass is 341 g/mol. The van der Waals surface area contributed by atoms with E-state index in [4.69, 9.17) is 0 Å². The Morgan fingerprint density at radius 1 is 1.37 bits per heavy atom. The maximum atomic E-state index is 11.9. The molecule has 4 heteroatoms. The van der Waals surface area contributed by atoms with E-state index < -0.39 is 0 Å². The predicted octanol–water partition coefficient (Wildman–Crippen LogP) is 4.76. The number of carbonyl (C=O) groups excluding carboxylic acids is 1. The third-order valence-corrected chi connectivity index (χ3v) is 5.43. The SMILES string of the molecule is Cc1ccc(NC(=O)CSC2CCCCC2)c(Br)c1. The number of nitrogens with one attached hydrogen (secondary N) is 1. The molecule has 0 bridgehead atoms. The van der Waals surface area contributed by atoms with E-state index in [0.717, 1.165) is 10.2 Å². The fourth-order valence-corrected chi connectivity index (χ4v) is 4.05. The van der Waals surface area contributed by atoms with Gasteiger partial charge in [-0.25, -0.2) is 0 Å². The highest BCUT2D eigenvalue weighted by atomic mass is 79.9. The Kier molecular flexibility index (Phi) is 5.76. The van der Waals surface area contributed by atoms with Crippen molar-refractivity contribution in [3.63, 3.8) is 0 Å². The van der Waals surface area contributed by atoms with Crippen LogP contribution in [0.25, 0.3) is 0 Å². The fourth-order valence-electron chi connectivity index (χ4n) is 2.33. The number of rotatable bonds is 4. The van der Waals surface area contributed by atoms with Crippen molar-refractivity contribution in [3.8, 4) is 0 Å². The molecular formula is C15H20BrNOS. The summed E-state index contributed by atoms with van der Waals surface area (Å²) in [6, 6.07) is 5.97. The van der Waals surface area contributed by atoms with Crippen LogP contribution < -0.4 is 5.32 Å². The third-order valence-electron chi connectivity index (χ3n) is 3.40. The zero-order chi connectivity index (χ0) is 13.7. The lowest BCUT2D eigenvalue weighted by molar-refractivity contribution is -0.113. The van der Waals surface area contributed by atoms with Gasteiger partial charge in [0.1, 0.15) is 0 Å². The maximum absolute atomic E-state index is 11.9. The van der Waals surface area contributed by atoms with Gasteiger partial charge in [-0.1, -0.05) is 25.3 Å². The van der Waals surface area contributed by atoms with E-state index in [2.05, 4.69) is 21.2 Å². The second kappa shape index (κ2) is 7.34. The smallest absolute Gasteiger partial charge is 0.234 e. The van der Waals surface area contributed by atoms with Gasteiger partial charge in [0.15, 0.2) is 0 Å². The van der Waals surface area contributed by atoms with Crippen LogP contribution in [0, 0.1) is 6.92 Å². The number of amides is 1. The summed E-state index contributed by atoms with van der Waals surface area (Å²) in [5.74, 6) is 0.658. The predicted molar refractivity (Wildman–Crippen MR) is 86.8 cm³/mol. The number of hydrogen-bond donors (Lipinski definition) is 1. The van der Waals surface area contributed by atoms with E-state index in [1.807, 2.05) is 25.1 Å². The van der Waals surface area contributed by atoms with E-state index in [1.165, 1.54) is 37.7 Å². The standard InChI is InChI=1S/C15H20BrNOS/c1-11-7-8-14(13(16)9-11)17-15(18)10-19-12-5-3-2-4-6-12/h7-9,12H,2-6,10H2,1H3,(H,17,18). The van der Waals surface area contributed by atoms with Crippen molar-refractivity contribution in [1.29, 1.82) is 0 Å². The number of anilines is 1. The van der Waals surface area contributed by atoms with Crippen molar-refractivity contribution in [2.75, 3.05) is 11.1 Å². The van der Waals surface area contributed by atoms with Gasteiger partial charge in [-0.3, -0.25) is 4.79 Å². The van der Waals surface area contributed by atoms with E-state index in [9.17, 15) is 4.79 Å². The van der Waals surface area contributed by atoms with Crippen LogP contribution in [-0.4, -0.2) is 16.9 Å². The fraction of sp³-hybridized carbons (Fsp3) is 0.533. The summed E-state index contributed by atoms with van der Waals surface area (Å²) in [5, 5.41) is 3.65. The normalized spacial score (nSPS) is 16.3. The maximum Gasteiger partial charge on any atom is 0.234 e. The molecule has 0 aliphatic heterocycles. The highest BCUT2D eigenvalue weighted by Crippen LogP contribution is 2.28. The van der Waals surface area contributed by atoms with Crippen LogP contribution in [0.4, 0.5) is 5.69 Å². The van der Waals surface area contributed by atoms with Crippen molar-refractivity contribution < 1.29 is 4.79 Å². The molecule has 19 heavy (non-hydrogen) atoms. The van der Waals surface area contributed by atoms with Crippen molar-refractivity contribution in [1.82, 2.24) is 0 Å². The van der Waals surface area contributed by atoms with E-state index in [-0.39, 0.29) is 5.91 Å². The van der Waals surface area contributed by atoms with Crippen LogP contribution >= 0.6 is 27.7 Å². The lowest BCUT2D eigenvalue weighted by atomic mass is 10.0. The van der Waals surface area contributed by atoms with Gasteiger partial charge in [0.2, 0.25) is 5.91 Å². The second-order valence-corrected chi connectivity index (χ2v) is 7.25. The first-order valence-electron chi connectivity index (χ1n) is 6.83. The zero-order valence-electron chi connectivity index (χ0n) is 11.2. The Hall–Kier alpha value is -0.480. The molecule has 0 unspecified atom stereocenters. The molecule has 1 N–H and O–H groups in total. The number of aryl methyl sites for hydroxylation is 1. The van der Waals surface area contributed by atoms with Crippen molar-refractivity contribution in [2.24, 2.45) is 0 Å². The number of carbonyl (C=O) groups is 1. The molecule has 1 aliphatic rings. The third kappa shape index (κ3) is 4.84. The van der Waals surface area contributed by atoms with Crippen LogP contribution in [0.15, 0.2) is 22.7 Å². The summed E-state index contributed by atoms with van der Waals surface area (Å²) in [6.07, 6.45) is 6.55. The van der Waals surface area contributed by atoms with Gasteiger partial charge in [0, 0.05) is 9.72 Å². The molecule has 1 aromatic carbocycles. The highest BCUT2D eigenvalue weighted by Gasteiger charge is 2.15. The number of halogens is 1. The molecule has 0 aromatic heterocycles. The molecule has 0 saturated heterocycles. The Bertz CT molecular complexity index is 444. The molecule has 1 amide bonds. The summed E-state index contributed by atoms with van der Waals surface area (Å²) in [4.78, 5) is 11.9. The zero-order valence-corrected chi connectivity index (χ0v) is 13.6. The molecular weight excluding hydrogens is 322 g/mol. The lowest BCUT2D eigenvalue weighted by Gasteiger charge is -2.20. The molecule has 1 fully saturated rings. The van der Waals surface area contributed by atoms with E-state index in [1.54, 1.807) is 11.8 Å². The van der Waals surface area contributed by atoms with Crippen LogP contribution in [0.5, 0.6) is 0 Å². The number of hydrogen-bond acceptors (Lipinski definition) is 2. The van der Waals surface area contributed by atoms with Crippen LogP contribution in [0.3, 0.4) is 0 Å². The van der Waals surface area contributed by atoms with Crippen molar-refractivity contribution in [2.45, 2.75) is 44.3 Å². The largest absolute Gasteiger partial charge is 0.324 e. The summed E-state index contributed by atoms with van der Waals surface area (Å²) < 4.78 is 0.948. The average Bonchev–Trinajstić information content (AvgIpc) is 2.41. The molecule has 0 atom stereocenters. The molecule has 1 saturated carbocycles. The summed E-state index contributed by atoms with van der Waals surface area (Å²) >= 11 is 5.29. The molecule has 1 aromatic rings. The van der Waals surface area contributed by atoms with E-state index >= 15 is 0 Å². The first-order valence-corrected chi connectivity index (χ1v) is 8.67. The molecule has 1 aliphatic carbocycles. The molecule has 2 nitrogen and oxygen atoms in total. The van der Waals surface area contributed by atoms with E-state index in [0.29, 0.717) is 11.0 Å². The molecule has 2 rings (SSSR count). The molecule has 0 radical (unpaired) electrons. The lowest BCUT2D eigenvalue weighted by Crippen LogP contribution is -2.18. The Morgan fingerprint density at radius 2 is 2.11 bits per heavy atom. The summed E-state index contributed by atoms with van der Waals surface area (Å²) in [5.41, 5.74) is 2.04. The van der Waals surface area contributed by atoms with Crippen molar-refractivity contribution >= 4 is 39.3 Å². The Balaban J connectivity index is 1.80. The Morgan fingerprint density at radius 3 is 2.79 bits per heavy atom. The van der Waals surface area contributed by atoms with Gasteiger partial charge in [-0.15, -0.1) is 11.8 Å². The summed E-state index contributed by atoms with van der Waals surface area (Å²) in [6.45, 7) is 2.04. The van der Waals surface area contributed by atoms with Gasteiger partial charge in [0.05, 0.1) is 11.4 Å². The minimum atomic E-state index is 0.0973. The second-order valence-electron chi connectivity index (χ2n) is 5.10. The van der Waals surface area contributed by atoms with Gasteiger partial charge in [-0.05, 0) is 53.4 Å². The van der Waals surface area contributed by atoms with Crippen molar-refractivity contribution in [3.05, 3.63) is 28.2 Å². The molecule has 104 valence electrons. The number of benzene rings is 1. The number of thioether (sulfide) groups is 1. The van der Waals surface area contributed by atoms with Gasteiger partial charge in [0.25, 0.3) is 0 Å². The first kappa shape index (κ1) is 14.9. The van der Waals surface area contributed by atoms with Crippen LogP contribution in [0.1, 0.15) is 37.7 Å². The topological polar surface area (TPSA) is 29.1 Å². The summed E-state index contributed by atoms with van der Waals surface area (Å²) in [7, 11) is 0. The minimum absolute atomic E-state index is 0.0973. The quantitative estimate of drug-likeness (QED) is 0.855. The first-order chi connectivity index (χ1) is 9.15. The van der Waals surface area contributed by atoms with Crippen LogP contribution in [0.2, 0.25) is 0 Å². The van der Waals surface area contributed by atoms with Gasteiger partial charge >= 0.3 is 0 Å². The van der Waals surface area contributed by atoms with Crippen LogP contribution in [-0.2, 0) is 4.79 Å². The molecule has 0 heterocycles. The highest BCUT2D eigenvalue weighted by molar-refractivity contribution is 9.10. The Labute approximate surface area is 127 Å². The average molecular weight is 342 g/mol. The molecule has 0 spiro atoms. The van der Waals surface area contributed by atoms with Gasteiger partial charge < -0.3 is 5.32 Å². The van der Waals surface area contributed by atoms with Gasteiger partial charge in [-0.2, -0.15) is 0 Å².